The molecule has 0 amide bonds. The van der Waals surface area contributed by atoms with Crippen molar-refractivity contribution in [2.75, 3.05) is 20.3 Å². The van der Waals surface area contributed by atoms with Crippen molar-refractivity contribution < 1.29 is 19.1 Å². The third-order valence-electron chi connectivity index (χ3n) is 1.07. The lowest BCUT2D eigenvalue weighted by atomic mass is 10.3. The predicted molar refractivity (Wildman–Crippen MR) is 42.7 cm³/mol. The summed E-state index contributed by atoms with van der Waals surface area (Å²) >= 11 is 0. The van der Waals surface area contributed by atoms with Crippen LogP contribution in [-0.4, -0.2) is 32.1 Å². The molecule has 0 bridgehead atoms. The normalized spacial score (nSPS) is 9.08. The van der Waals surface area contributed by atoms with Crippen molar-refractivity contribution in [1.29, 1.82) is 0 Å². The van der Waals surface area contributed by atoms with Crippen molar-refractivity contribution in [2.45, 2.75) is 6.42 Å². The Hall–Kier alpha value is -1.16. The van der Waals surface area contributed by atoms with Gasteiger partial charge in [0, 0.05) is 0 Å². The summed E-state index contributed by atoms with van der Waals surface area (Å²) in [5, 5.41) is 0. The van der Waals surface area contributed by atoms with Gasteiger partial charge in [-0.3, -0.25) is 9.59 Å². The molecule has 0 aromatic rings. The summed E-state index contributed by atoms with van der Waals surface area (Å²) in [5.41, 5.74) is 0. The summed E-state index contributed by atoms with van der Waals surface area (Å²) in [4.78, 5) is 21.4. The van der Waals surface area contributed by atoms with E-state index in [1.54, 1.807) is 0 Å². The van der Waals surface area contributed by atoms with Crippen LogP contribution in [-0.2, 0) is 19.1 Å². The molecule has 0 aromatic carbocycles. The van der Waals surface area contributed by atoms with Crippen LogP contribution >= 0.6 is 0 Å². The van der Waals surface area contributed by atoms with Crippen molar-refractivity contribution in [3.05, 3.63) is 12.7 Å². The number of hydrogen-bond acceptors (Lipinski definition) is 4. The minimum atomic E-state index is -0.540. The monoisotopic (exact) mass is 172 g/mol. The fourth-order valence-corrected chi connectivity index (χ4v) is 0.540. The lowest BCUT2D eigenvalue weighted by molar-refractivity contribution is -0.144. The van der Waals surface area contributed by atoms with E-state index in [4.69, 9.17) is 4.74 Å². The average Bonchev–Trinajstić information content (AvgIpc) is 2.05. The molecular weight excluding hydrogens is 160 g/mol. The molecule has 0 aromatic heterocycles. The fraction of sp³-hybridized carbons (Fsp3) is 0.500. The molecule has 4 nitrogen and oxygen atoms in total. The van der Waals surface area contributed by atoms with Crippen LogP contribution < -0.4 is 0 Å². The number of Topliss-reactive ketones (excluding diaryl/α,β-unsaturated/α-hetero) is 1. The van der Waals surface area contributed by atoms with Crippen LogP contribution in [0.25, 0.3) is 0 Å². The molecular formula is C8H12O4. The second kappa shape index (κ2) is 6.54. The van der Waals surface area contributed by atoms with Crippen molar-refractivity contribution in [3.8, 4) is 0 Å². The summed E-state index contributed by atoms with van der Waals surface area (Å²) < 4.78 is 9.11. The highest BCUT2D eigenvalue weighted by Crippen LogP contribution is 1.88. The van der Waals surface area contributed by atoms with E-state index in [9.17, 15) is 9.59 Å². The van der Waals surface area contributed by atoms with Gasteiger partial charge >= 0.3 is 5.97 Å². The summed E-state index contributed by atoms with van der Waals surface area (Å²) in [6, 6.07) is 0. The molecule has 0 heterocycles. The largest absolute Gasteiger partial charge is 0.469 e. The first-order valence-corrected chi connectivity index (χ1v) is 3.48. The van der Waals surface area contributed by atoms with Gasteiger partial charge in [-0.1, -0.05) is 6.08 Å². The lowest BCUT2D eigenvalue weighted by Crippen LogP contribution is -2.14. The summed E-state index contributed by atoms with van der Waals surface area (Å²) in [6.07, 6.45) is 1.30. The number of hydrogen-bond donors (Lipinski definition) is 0. The van der Waals surface area contributed by atoms with Crippen molar-refractivity contribution in [3.63, 3.8) is 0 Å². The van der Waals surface area contributed by atoms with E-state index in [-0.39, 0.29) is 18.8 Å². The zero-order valence-electron chi connectivity index (χ0n) is 7.04. The first-order chi connectivity index (χ1) is 5.70. The van der Waals surface area contributed by atoms with Crippen LogP contribution in [0.15, 0.2) is 12.7 Å². The fourth-order valence-electron chi connectivity index (χ4n) is 0.540. The molecule has 4 heteroatoms. The quantitative estimate of drug-likeness (QED) is 0.250. The highest BCUT2D eigenvalue weighted by atomic mass is 16.5. The van der Waals surface area contributed by atoms with Gasteiger partial charge < -0.3 is 9.47 Å². The van der Waals surface area contributed by atoms with E-state index in [2.05, 4.69) is 11.3 Å². The van der Waals surface area contributed by atoms with Gasteiger partial charge in [-0.05, 0) is 0 Å². The Bertz CT molecular complexity index is 174. The Morgan fingerprint density at radius 1 is 1.50 bits per heavy atom. The van der Waals surface area contributed by atoms with Crippen molar-refractivity contribution in [2.24, 2.45) is 0 Å². The highest BCUT2D eigenvalue weighted by molar-refractivity contribution is 5.96. The van der Waals surface area contributed by atoms with E-state index in [0.717, 1.165) is 0 Å². The highest BCUT2D eigenvalue weighted by Gasteiger charge is 2.08. The smallest absolute Gasteiger partial charge is 0.313 e. The van der Waals surface area contributed by atoms with Crippen molar-refractivity contribution in [1.82, 2.24) is 0 Å². The molecule has 0 aliphatic carbocycles. The van der Waals surface area contributed by atoms with Crippen LogP contribution in [0, 0.1) is 0 Å². The number of carbonyl (C=O) groups excluding carboxylic acids is 2. The number of rotatable bonds is 6. The number of methoxy groups -OCH3 is 1. The number of ether oxygens (including phenoxy) is 2. The van der Waals surface area contributed by atoms with Gasteiger partial charge in [0.15, 0.2) is 5.78 Å². The molecule has 0 rings (SSSR count). The molecule has 0 saturated heterocycles. The number of carbonyl (C=O) groups is 2. The Morgan fingerprint density at radius 2 is 2.17 bits per heavy atom. The summed E-state index contributed by atoms with van der Waals surface area (Å²) in [6.45, 7) is 3.65. The van der Waals surface area contributed by atoms with E-state index in [1.807, 2.05) is 0 Å². The van der Waals surface area contributed by atoms with E-state index in [1.165, 1.54) is 13.2 Å². The molecule has 0 N–H and O–H groups in total. The van der Waals surface area contributed by atoms with Gasteiger partial charge in [-0.2, -0.15) is 0 Å². The molecule has 0 spiro atoms. The van der Waals surface area contributed by atoms with Crippen LogP contribution in [0.5, 0.6) is 0 Å². The van der Waals surface area contributed by atoms with E-state index < -0.39 is 5.97 Å². The van der Waals surface area contributed by atoms with Crippen LogP contribution in [0.2, 0.25) is 0 Å². The second-order valence-electron chi connectivity index (χ2n) is 2.10. The van der Waals surface area contributed by atoms with Crippen LogP contribution in [0.4, 0.5) is 0 Å². The maximum atomic E-state index is 10.8. The summed E-state index contributed by atoms with van der Waals surface area (Å²) in [5.74, 6) is -0.828. The molecule has 0 saturated carbocycles. The maximum Gasteiger partial charge on any atom is 0.313 e. The summed E-state index contributed by atoms with van der Waals surface area (Å²) in [7, 11) is 1.24. The Labute approximate surface area is 71.2 Å². The zero-order valence-corrected chi connectivity index (χ0v) is 7.04. The van der Waals surface area contributed by atoms with Crippen LogP contribution in [0.1, 0.15) is 6.42 Å². The molecule has 0 aliphatic heterocycles. The topological polar surface area (TPSA) is 52.6 Å². The first kappa shape index (κ1) is 10.8. The standard InChI is InChI=1S/C8H12O4/c1-3-4-12-6-7(9)5-8(10)11-2/h3H,1,4-6H2,2H3. The molecule has 0 unspecified atom stereocenters. The molecule has 0 fully saturated rings. The van der Waals surface area contributed by atoms with E-state index in [0.29, 0.717) is 6.61 Å². The number of esters is 1. The maximum absolute atomic E-state index is 10.8. The SMILES string of the molecule is C=CCOCC(=O)CC(=O)OC. The second-order valence-corrected chi connectivity index (χ2v) is 2.10. The Morgan fingerprint density at radius 3 is 2.67 bits per heavy atom. The van der Waals surface area contributed by atoms with Gasteiger partial charge in [0.1, 0.15) is 13.0 Å². The van der Waals surface area contributed by atoms with Gasteiger partial charge in [0.05, 0.1) is 13.7 Å². The van der Waals surface area contributed by atoms with Crippen LogP contribution in [0.3, 0.4) is 0 Å². The molecule has 0 aliphatic rings. The third kappa shape index (κ3) is 5.61. The van der Waals surface area contributed by atoms with Gasteiger partial charge in [0.25, 0.3) is 0 Å². The van der Waals surface area contributed by atoms with Gasteiger partial charge in [-0.15, -0.1) is 6.58 Å². The predicted octanol–water partition coefficient (Wildman–Crippen LogP) is 0.321. The molecule has 68 valence electrons. The van der Waals surface area contributed by atoms with Gasteiger partial charge in [0.2, 0.25) is 0 Å². The first-order valence-electron chi connectivity index (χ1n) is 3.48. The Balaban J connectivity index is 3.46. The van der Waals surface area contributed by atoms with Crippen molar-refractivity contribution >= 4 is 11.8 Å². The Kier molecular flexibility index (Phi) is 5.91. The van der Waals surface area contributed by atoms with Gasteiger partial charge in [-0.25, -0.2) is 0 Å². The lowest BCUT2D eigenvalue weighted by Gasteiger charge is -1.99. The minimum absolute atomic E-state index is 0.0683. The average molecular weight is 172 g/mol. The zero-order chi connectivity index (χ0) is 9.40. The number of ketones is 1. The molecule has 12 heavy (non-hydrogen) atoms. The van der Waals surface area contributed by atoms with E-state index >= 15 is 0 Å². The molecule has 0 radical (unpaired) electrons. The minimum Gasteiger partial charge on any atom is -0.469 e. The molecule has 0 atom stereocenters. The third-order valence-corrected chi connectivity index (χ3v) is 1.07.